The van der Waals surface area contributed by atoms with Gasteiger partial charge in [-0.05, 0) is 20.3 Å². The minimum Gasteiger partial charge on any atom is -0.392 e. The molecule has 1 amide bonds. The van der Waals surface area contributed by atoms with E-state index in [2.05, 4.69) is 27.9 Å². The molecule has 1 aliphatic heterocycles. The van der Waals surface area contributed by atoms with Crippen LogP contribution in [0.2, 0.25) is 0 Å². The van der Waals surface area contributed by atoms with Crippen LogP contribution in [0, 0.1) is 0 Å². The fourth-order valence-corrected chi connectivity index (χ4v) is 2.48. The molecule has 1 aliphatic rings. The minimum absolute atomic E-state index is 0.0226. The predicted molar refractivity (Wildman–Crippen MR) is 72.4 cm³/mol. The largest absolute Gasteiger partial charge is 0.392 e. The molecule has 1 saturated heterocycles. The number of nitrogens with one attached hydrogen (secondary N) is 1. The highest BCUT2D eigenvalue weighted by Gasteiger charge is 2.34. The second-order valence-corrected chi connectivity index (χ2v) is 4.83. The summed E-state index contributed by atoms with van der Waals surface area (Å²) in [5.41, 5.74) is 1.15. The molecule has 0 bridgehead atoms. The molecule has 0 radical (unpaired) electrons. The lowest BCUT2D eigenvalue weighted by Crippen LogP contribution is -2.43. The number of hydrogen-bond donors (Lipinski definition) is 2. The first kappa shape index (κ1) is 13.9. The van der Waals surface area contributed by atoms with Gasteiger partial charge in [0, 0.05) is 13.1 Å². The molecule has 1 heterocycles. The number of β-amino-alcohol motifs (C(OH)–C–C–N with tert-alkyl or cyclic N) is 1. The molecule has 0 aromatic rings. The number of likely N-dealkylation sites (tertiary alicyclic amines) is 1. The number of nitrogens with zero attached hydrogens (tertiary/aromatic N) is 1. The van der Waals surface area contributed by atoms with E-state index in [0.29, 0.717) is 19.5 Å². The van der Waals surface area contributed by atoms with Gasteiger partial charge in [0.25, 0.3) is 0 Å². The summed E-state index contributed by atoms with van der Waals surface area (Å²) in [7, 11) is 0. The van der Waals surface area contributed by atoms with E-state index < -0.39 is 0 Å². The fraction of sp³-hybridized carbons (Fsp3) is 0.727. The Morgan fingerprint density at radius 3 is 2.94 bits per heavy atom. The smallest absolute Gasteiger partial charge is 0.237 e. The average molecular weight is 338 g/mol. The Morgan fingerprint density at radius 2 is 2.38 bits per heavy atom. The Balaban J connectivity index is 2.47. The van der Waals surface area contributed by atoms with Gasteiger partial charge in [-0.1, -0.05) is 34.2 Å². The quantitative estimate of drug-likeness (QED) is 0.347. The summed E-state index contributed by atoms with van der Waals surface area (Å²) in [4.78, 5) is 13.9. The summed E-state index contributed by atoms with van der Waals surface area (Å²) in [6.07, 6.45) is 2.16. The van der Waals surface area contributed by atoms with Gasteiger partial charge in [0.15, 0.2) is 0 Å². The standard InChI is InChI=1S/C11H19IN2O2/c1-3-8(2)5-13-11(16)10-4-9(15)6-14(10)7-12/h3,9-10,15H,4-7H2,1-2H3,(H,13,16)/b8-3+/t9-,10+/m1/s1. The van der Waals surface area contributed by atoms with Crippen LogP contribution in [0.25, 0.3) is 0 Å². The van der Waals surface area contributed by atoms with Gasteiger partial charge in [-0.3, -0.25) is 9.69 Å². The number of aliphatic hydroxyl groups excluding tert-OH is 1. The van der Waals surface area contributed by atoms with Crippen LogP contribution in [0.4, 0.5) is 0 Å². The average Bonchev–Trinajstić information content (AvgIpc) is 2.66. The zero-order valence-corrected chi connectivity index (χ0v) is 11.9. The van der Waals surface area contributed by atoms with E-state index in [4.69, 9.17) is 0 Å². The lowest BCUT2D eigenvalue weighted by atomic mass is 10.2. The fourth-order valence-electron chi connectivity index (χ4n) is 1.73. The van der Waals surface area contributed by atoms with Crippen LogP contribution in [-0.2, 0) is 4.79 Å². The highest BCUT2D eigenvalue weighted by molar-refractivity contribution is 14.1. The SMILES string of the molecule is C/C=C(\C)CNC(=O)[C@@H]1C[C@@H](O)CN1CI. The number of hydrogen-bond acceptors (Lipinski definition) is 3. The maximum atomic E-state index is 11.9. The molecule has 5 heteroatoms. The van der Waals surface area contributed by atoms with E-state index >= 15 is 0 Å². The van der Waals surface area contributed by atoms with Crippen LogP contribution in [0.15, 0.2) is 11.6 Å². The van der Waals surface area contributed by atoms with E-state index in [-0.39, 0.29) is 18.1 Å². The molecule has 1 fully saturated rings. The van der Waals surface area contributed by atoms with E-state index in [1.165, 1.54) is 0 Å². The van der Waals surface area contributed by atoms with Gasteiger partial charge in [0.1, 0.15) is 0 Å². The molecule has 0 aromatic carbocycles. The van der Waals surface area contributed by atoms with Crippen LogP contribution in [0.3, 0.4) is 0 Å². The van der Waals surface area contributed by atoms with Crippen LogP contribution >= 0.6 is 22.6 Å². The van der Waals surface area contributed by atoms with Crippen molar-refractivity contribution in [2.45, 2.75) is 32.4 Å². The molecule has 16 heavy (non-hydrogen) atoms. The van der Waals surface area contributed by atoms with Crippen LogP contribution in [0.5, 0.6) is 0 Å². The molecule has 0 unspecified atom stereocenters. The number of carbonyl (C=O) groups excluding carboxylic acids is 1. The first-order chi connectivity index (χ1) is 7.58. The summed E-state index contributed by atoms with van der Waals surface area (Å²) in [5.74, 6) is 0.0226. The number of amides is 1. The van der Waals surface area contributed by atoms with Crippen molar-refractivity contribution in [2.75, 3.05) is 17.6 Å². The normalized spacial score (nSPS) is 27.1. The number of alkyl halides is 1. The van der Waals surface area contributed by atoms with E-state index in [9.17, 15) is 9.90 Å². The van der Waals surface area contributed by atoms with E-state index in [1.54, 1.807) is 0 Å². The third-order valence-corrected chi connectivity index (χ3v) is 3.75. The minimum atomic E-state index is -0.367. The second kappa shape index (κ2) is 6.56. The van der Waals surface area contributed by atoms with E-state index in [1.807, 2.05) is 24.8 Å². The Morgan fingerprint density at radius 1 is 1.69 bits per heavy atom. The zero-order valence-electron chi connectivity index (χ0n) is 9.74. The molecule has 4 nitrogen and oxygen atoms in total. The maximum absolute atomic E-state index is 11.9. The van der Waals surface area contributed by atoms with Gasteiger partial charge in [0.05, 0.1) is 16.7 Å². The molecular formula is C11H19IN2O2. The molecule has 92 valence electrons. The van der Waals surface area contributed by atoms with Crippen molar-refractivity contribution in [3.05, 3.63) is 11.6 Å². The van der Waals surface area contributed by atoms with E-state index in [0.717, 1.165) is 10.1 Å². The van der Waals surface area contributed by atoms with Crippen LogP contribution in [0.1, 0.15) is 20.3 Å². The van der Waals surface area contributed by atoms with Gasteiger partial charge in [-0.25, -0.2) is 0 Å². The Bertz CT molecular complexity index is 281. The predicted octanol–water partition coefficient (Wildman–Crippen LogP) is 0.896. The van der Waals surface area contributed by atoms with Crippen molar-refractivity contribution >= 4 is 28.5 Å². The Hall–Kier alpha value is -0.140. The molecule has 0 aliphatic carbocycles. The molecular weight excluding hydrogens is 319 g/mol. The van der Waals surface area contributed by atoms with Gasteiger partial charge in [0.2, 0.25) is 5.91 Å². The van der Waals surface area contributed by atoms with Crippen molar-refractivity contribution in [1.29, 1.82) is 0 Å². The van der Waals surface area contributed by atoms with Gasteiger partial charge in [-0.15, -0.1) is 0 Å². The lowest BCUT2D eigenvalue weighted by molar-refractivity contribution is -0.125. The number of halogens is 1. The van der Waals surface area contributed by atoms with Crippen LogP contribution in [-0.4, -0.2) is 45.7 Å². The molecule has 2 N–H and O–H groups in total. The molecule has 0 spiro atoms. The monoisotopic (exact) mass is 338 g/mol. The molecule has 2 atom stereocenters. The van der Waals surface area contributed by atoms with Crippen molar-refractivity contribution in [3.8, 4) is 0 Å². The highest BCUT2D eigenvalue weighted by Crippen LogP contribution is 2.18. The Kier molecular flexibility index (Phi) is 5.71. The summed E-state index contributed by atoms with van der Waals surface area (Å²) in [6.45, 7) is 5.14. The molecule has 1 rings (SSSR count). The highest BCUT2D eigenvalue weighted by atomic mass is 127. The number of aliphatic hydroxyl groups is 1. The summed E-state index contributed by atoms with van der Waals surface area (Å²) in [6, 6.07) is -0.170. The first-order valence-electron chi connectivity index (χ1n) is 5.46. The van der Waals surface area contributed by atoms with Crippen molar-refractivity contribution in [1.82, 2.24) is 10.2 Å². The van der Waals surface area contributed by atoms with Crippen molar-refractivity contribution in [2.24, 2.45) is 0 Å². The zero-order chi connectivity index (χ0) is 12.1. The van der Waals surface area contributed by atoms with Gasteiger partial charge >= 0.3 is 0 Å². The van der Waals surface area contributed by atoms with Gasteiger partial charge in [-0.2, -0.15) is 0 Å². The second-order valence-electron chi connectivity index (χ2n) is 4.15. The Labute approximate surface area is 110 Å². The first-order valence-corrected chi connectivity index (χ1v) is 6.98. The van der Waals surface area contributed by atoms with Gasteiger partial charge < -0.3 is 10.4 Å². The lowest BCUT2D eigenvalue weighted by Gasteiger charge is -2.20. The topological polar surface area (TPSA) is 52.6 Å². The molecule has 0 saturated carbocycles. The molecule has 0 aromatic heterocycles. The summed E-state index contributed by atoms with van der Waals surface area (Å²) >= 11 is 2.22. The third kappa shape index (κ3) is 3.71. The summed E-state index contributed by atoms with van der Waals surface area (Å²) in [5, 5.41) is 12.4. The number of allylic oxidation sites excluding steroid dienone is 1. The maximum Gasteiger partial charge on any atom is 0.237 e. The number of carbonyl (C=O) groups is 1. The third-order valence-electron chi connectivity index (χ3n) is 2.87. The van der Waals surface area contributed by atoms with Crippen molar-refractivity contribution < 1.29 is 9.90 Å². The summed E-state index contributed by atoms with van der Waals surface area (Å²) < 4.78 is 0.773. The van der Waals surface area contributed by atoms with Crippen molar-refractivity contribution in [3.63, 3.8) is 0 Å². The van der Waals surface area contributed by atoms with Crippen LogP contribution < -0.4 is 5.32 Å². The number of rotatable bonds is 4.